The fourth-order valence-electron chi connectivity index (χ4n) is 3.94. The van der Waals surface area contributed by atoms with E-state index in [-0.39, 0.29) is 28.8 Å². The van der Waals surface area contributed by atoms with E-state index in [9.17, 15) is 13.2 Å². The van der Waals surface area contributed by atoms with Crippen molar-refractivity contribution >= 4 is 15.9 Å². The molecule has 2 aliphatic rings. The summed E-state index contributed by atoms with van der Waals surface area (Å²) >= 11 is 0. The van der Waals surface area contributed by atoms with Gasteiger partial charge in [-0.2, -0.15) is 0 Å². The number of nitrogens with zero attached hydrogens (tertiary/aromatic N) is 2. The third-order valence-corrected chi connectivity index (χ3v) is 6.80. The lowest BCUT2D eigenvalue weighted by molar-refractivity contribution is 0.0595. The summed E-state index contributed by atoms with van der Waals surface area (Å²) in [4.78, 5) is 14.8. The van der Waals surface area contributed by atoms with Crippen molar-refractivity contribution in [3.8, 4) is 0 Å². The molecule has 7 heteroatoms. The van der Waals surface area contributed by atoms with Crippen LogP contribution in [0.1, 0.15) is 49.6 Å². The predicted molar refractivity (Wildman–Crippen MR) is 85.6 cm³/mol. The van der Waals surface area contributed by atoms with Gasteiger partial charge in [0.15, 0.2) is 5.76 Å². The van der Waals surface area contributed by atoms with E-state index >= 15 is 0 Å². The summed E-state index contributed by atoms with van der Waals surface area (Å²) in [7, 11) is -0.776. The van der Waals surface area contributed by atoms with Gasteiger partial charge < -0.3 is 9.32 Å². The maximum absolute atomic E-state index is 12.8. The molecule has 3 rings (SSSR count). The van der Waals surface area contributed by atoms with Gasteiger partial charge in [-0.1, -0.05) is 12.8 Å². The Morgan fingerprint density at radius 2 is 1.96 bits per heavy atom. The van der Waals surface area contributed by atoms with Crippen LogP contribution in [0.5, 0.6) is 0 Å². The average Bonchev–Trinajstić information content (AvgIpc) is 3.10. The predicted octanol–water partition coefficient (Wildman–Crippen LogP) is 2.32. The van der Waals surface area contributed by atoms with Gasteiger partial charge in [-0.15, -0.1) is 0 Å². The summed E-state index contributed by atoms with van der Waals surface area (Å²) in [6.07, 6.45) is 5.62. The Morgan fingerprint density at radius 3 is 2.65 bits per heavy atom. The SMILES string of the molecule is CC1CC2CCCCC2N1C(=O)c1ccc(S(=O)(=O)N(C)C)o1. The number of hydrogen-bond acceptors (Lipinski definition) is 4. The molecule has 1 aliphatic heterocycles. The van der Waals surface area contributed by atoms with Crippen LogP contribution in [0.4, 0.5) is 0 Å². The van der Waals surface area contributed by atoms with Gasteiger partial charge in [-0.05, 0) is 44.2 Å². The van der Waals surface area contributed by atoms with Gasteiger partial charge in [0.25, 0.3) is 15.9 Å². The lowest BCUT2D eigenvalue weighted by Gasteiger charge is -2.32. The van der Waals surface area contributed by atoms with Crippen LogP contribution in [0.2, 0.25) is 0 Å². The molecule has 0 aromatic carbocycles. The fraction of sp³-hybridized carbons (Fsp3) is 0.688. The molecule has 1 aromatic heterocycles. The van der Waals surface area contributed by atoms with Crippen LogP contribution < -0.4 is 0 Å². The fourth-order valence-corrected chi connectivity index (χ4v) is 4.73. The van der Waals surface area contributed by atoms with Gasteiger partial charge in [0.1, 0.15) is 0 Å². The Balaban J connectivity index is 1.85. The van der Waals surface area contributed by atoms with Crippen molar-refractivity contribution in [1.29, 1.82) is 0 Å². The molecule has 6 nitrogen and oxygen atoms in total. The molecule has 0 radical (unpaired) electrons. The highest BCUT2D eigenvalue weighted by Crippen LogP contribution is 2.40. The third-order valence-electron chi connectivity index (χ3n) is 5.11. The smallest absolute Gasteiger partial charge is 0.290 e. The maximum Gasteiger partial charge on any atom is 0.290 e. The molecule has 3 unspecified atom stereocenters. The van der Waals surface area contributed by atoms with Crippen LogP contribution in [-0.4, -0.2) is 49.7 Å². The first kappa shape index (κ1) is 16.5. The normalized spacial score (nSPS) is 28.2. The maximum atomic E-state index is 12.8. The number of sulfonamides is 1. The Morgan fingerprint density at radius 1 is 1.26 bits per heavy atom. The number of amides is 1. The van der Waals surface area contributed by atoms with Gasteiger partial charge in [0, 0.05) is 26.2 Å². The number of carbonyl (C=O) groups excluding carboxylic acids is 1. The molecule has 1 saturated heterocycles. The molecule has 1 aromatic rings. The van der Waals surface area contributed by atoms with Crippen LogP contribution in [0.3, 0.4) is 0 Å². The first-order valence-corrected chi connectivity index (χ1v) is 9.61. The Bertz CT molecular complexity index is 695. The minimum Gasteiger partial charge on any atom is -0.438 e. The van der Waals surface area contributed by atoms with Crippen LogP contribution in [0.25, 0.3) is 0 Å². The molecule has 2 heterocycles. The Kier molecular flexibility index (Phi) is 4.27. The topological polar surface area (TPSA) is 70.8 Å². The lowest BCUT2D eigenvalue weighted by Crippen LogP contribution is -2.42. The van der Waals surface area contributed by atoms with E-state index in [1.165, 1.54) is 39.1 Å². The number of fused-ring (bicyclic) bond motifs is 1. The van der Waals surface area contributed by atoms with Crippen molar-refractivity contribution in [2.75, 3.05) is 14.1 Å². The van der Waals surface area contributed by atoms with Crippen molar-refractivity contribution < 1.29 is 17.6 Å². The molecule has 0 bridgehead atoms. The van der Waals surface area contributed by atoms with Gasteiger partial charge in [-0.25, -0.2) is 12.7 Å². The summed E-state index contributed by atoms with van der Waals surface area (Å²) < 4.78 is 30.6. The number of furan rings is 1. The van der Waals surface area contributed by atoms with Gasteiger partial charge in [-0.3, -0.25) is 4.79 Å². The molecule has 23 heavy (non-hydrogen) atoms. The number of rotatable bonds is 3. The van der Waals surface area contributed by atoms with Crippen LogP contribution in [-0.2, 0) is 10.0 Å². The van der Waals surface area contributed by atoms with Crippen molar-refractivity contribution in [3.05, 3.63) is 17.9 Å². The summed E-state index contributed by atoms with van der Waals surface area (Å²) in [5.74, 6) is 0.498. The number of likely N-dealkylation sites (tertiary alicyclic amines) is 1. The number of carbonyl (C=O) groups is 1. The zero-order valence-corrected chi connectivity index (χ0v) is 14.7. The molecular formula is C16H24N2O4S. The Labute approximate surface area is 137 Å². The van der Waals surface area contributed by atoms with Crippen molar-refractivity contribution in [3.63, 3.8) is 0 Å². The van der Waals surface area contributed by atoms with Gasteiger partial charge >= 0.3 is 0 Å². The van der Waals surface area contributed by atoms with E-state index in [0.717, 1.165) is 23.6 Å². The van der Waals surface area contributed by atoms with E-state index in [1.54, 1.807) is 0 Å². The third kappa shape index (κ3) is 2.80. The molecule has 2 fully saturated rings. The van der Waals surface area contributed by atoms with E-state index in [2.05, 4.69) is 6.92 Å². The molecule has 3 atom stereocenters. The second kappa shape index (κ2) is 5.94. The van der Waals surface area contributed by atoms with Crippen LogP contribution >= 0.6 is 0 Å². The minimum atomic E-state index is -3.65. The summed E-state index contributed by atoms with van der Waals surface area (Å²) in [6.45, 7) is 2.07. The number of hydrogen-bond donors (Lipinski definition) is 0. The zero-order chi connectivity index (χ0) is 16.8. The molecule has 1 aliphatic carbocycles. The van der Waals surface area contributed by atoms with Crippen LogP contribution in [0, 0.1) is 5.92 Å². The molecule has 1 amide bonds. The van der Waals surface area contributed by atoms with Crippen LogP contribution in [0.15, 0.2) is 21.6 Å². The Hall–Kier alpha value is -1.34. The second-order valence-corrected chi connectivity index (χ2v) is 8.90. The summed E-state index contributed by atoms with van der Waals surface area (Å²) in [5.41, 5.74) is 0. The zero-order valence-electron chi connectivity index (χ0n) is 13.9. The minimum absolute atomic E-state index is 0.114. The standard InChI is InChI=1S/C16H24N2O4S/c1-11-10-12-6-4-5-7-13(12)18(11)16(19)14-8-9-15(22-14)23(20,21)17(2)3/h8-9,11-13H,4-7,10H2,1-3H3. The van der Waals surface area contributed by atoms with Crippen molar-refractivity contribution in [1.82, 2.24) is 9.21 Å². The summed E-state index contributed by atoms with van der Waals surface area (Å²) in [6, 6.07) is 3.28. The molecule has 0 N–H and O–H groups in total. The highest BCUT2D eigenvalue weighted by Gasteiger charge is 2.43. The molecule has 128 valence electrons. The van der Waals surface area contributed by atoms with E-state index in [4.69, 9.17) is 4.42 Å². The summed E-state index contributed by atoms with van der Waals surface area (Å²) in [5, 5.41) is -0.183. The quantitative estimate of drug-likeness (QED) is 0.847. The van der Waals surface area contributed by atoms with E-state index < -0.39 is 10.0 Å². The van der Waals surface area contributed by atoms with Crippen molar-refractivity contribution in [2.45, 2.75) is 56.2 Å². The van der Waals surface area contributed by atoms with E-state index in [1.807, 2.05) is 4.90 Å². The van der Waals surface area contributed by atoms with Gasteiger partial charge in [0.05, 0.1) is 0 Å². The molecule has 0 spiro atoms. The largest absolute Gasteiger partial charge is 0.438 e. The first-order chi connectivity index (χ1) is 10.8. The van der Waals surface area contributed by atoms with E-state index in [0.29, 0.717) is 5.92 Å². The highest BCUT2D eigenvalue weighted by atomic mass is 32.2. The second-order valence-electron chi connectivity index (χ2n) is 6.82. The van der Waals surface area contributed by atoms with Gasteiger partial charge in [0.2, 0.25) is 5.09 Å². The van der Waals surface area contributed by atoms with Crippen molar-refractivity contribution in [2.24, 2.45) is 5.92 Å². The lowest BCUT2D eigenvalue weighted by atomic mass is 9.85. The molecular weight excluding hydrogens is 316 g/mol. The average molecular weight is 340 g/mol. The monoisotopic (exact) mass is 340 g/mol. The molecule has 1 saturated carbocycles. The highest BCUT2D eigenvalue weighted by molar-refractivity contribution is 7.88. The first-order valence-electron chi connectivity index (χ1n) is 8.17.